The zero-order valence-electron chi connectivity index (χ0n) is 12.7. The molecule has 1 saturated carbocycles. The molecule has 1 aromatic heterocycles. The highest BCUT2D eigenvalue weighted by molar-refractivity contribution is 7.89. The van der Waals surface area contributed by atoms with E-state index in [0.29, 0.717) is 23.7 Å². The van der Waals surface area contributed by atoms with Crippen molar-refractivity contribution >= 4 is 16.0 Å². The number of aryl methyl sites for hydroxylation is 1. The number of carbonyl (C=O) groups is 1. The molecule has 21 heavy (non-hydrogen) atoms. The van der Waals surface area contributed by atoms with Gasteiger partial charge in [-0.1, -0.05) is 12.8 Å². The van der Waals surface area contributed by atoms with Gasteiger partial charge >= 0.3 is 5.97 Å². The molecule has 0 atom stereocenters. The number of hydrogen-bond donors (Lipinski definition) is 2. The Morgan fingerprint density at radius 2 is 2.05 bits per heavy atom. The standard InChI is InChI=1S/C14H22N2O4S/c1-4-20-14(17)12-9(2)13(10(3)16-12)21(18,19)15-8-7-11-5-6-11/h11,15-16H,4-8H2,1-3H3. The van der Waals surface area contributed by atoms with E-state index in [0.717, 1.165) is 6.42 Å². The molecule has 0 unspecified atom stereocenters. The van der Waals surface area contributed by atoms with Crippen LogP contribution < -0.4 is 4.72 Å². The molecule has 1 aliphatic rings. The molecular weight excluding hydrogens is 292 g/mol. The van der Waals surface area contributed by atoms with E-state index in [-0.39, 0.29) is 17.2 Å². The summed E-state index contributed by atoms with van der Waals surface area (Å²) in [5.41, 5.74) is 1.07. The molecule has 0 saturated heterocycles. The van der Waals surface area contributed by atoms with Gasteiger partial charge in [0.1, 0.15) is 10.6 Å². The molecule has 118 valence electrons. The number of hydrogen-bond acceptors (Lipinski definition) is 4. The van der Waals surface area contributed by atoms with Crippen molar-refractivity contribution < 1.29 is 17.9 Å². The molecule has 0 aliphatic heterocycles. The van der Waals surface area contributed by atoms with E-state index >= 15 is 0 Å². The molecule has 2 N–H and O–H groups in total. The lowest BCUT2D eigenvalue weighted by Gasteiger charge is -2.07. The molecule has 6 nitrogen and oxygen atoms in total. The second-order valence-corrected chi connectivity index (χ2v) is 7.13. The van der Waals surface area contributed by atoms with Gasteiger partial charge in [-0.25, -0.2) is 17.9 Å². The predicted molar refractivity (Wildman–Crippen MR) is 78.8 cm³/mol. The van der Waals surface area contributed by atoms with Crippen LogP contribution in [0.2, 0.25) is 0 Å². The minimum Gasteiger partial charge on any atom is -0.461 e. The van der Waals surface area contributed by atoms with E-state index in [1.165, 1.54) is 12.8 Å². The summed E-state index contributed by atoms with van der Waals surface area (Å²) in [7, 11) is -3.61. The number of sulfonamides is 1. The predicted octanol–water partition coefficient (Wildman–Crippen LogP) is 1.89. The van der Waals surface area contributed by atoms with Gasteiger partial charge in [0.05, 0.1) is 6.61 Å². The van der Waals surface area contributed by atoms with E-state index < -0.39 is 16.0 Å². The monoisotopic (exact) mass is 314 g/mol. The van der Waals surface area contributed by atoms with Gasteiger partial charge in [-0.05, 0) is 33.1 Å². The summed E-state index contributed by atoms with van der Waals surface area (Å²) in [5.74, 6) is 0.133. The van der Waals surface area contributed by atoms with Crippen LogP contribution >= 0.6 is 0 Å². The number of rotatable bonds is 7. The lowest BCUT2D eigenvalue weighted by molar-refractivity contribution is 0.0519. The van der Waals surface area contributed by atoms with E-state index in [9.17, 15) is 13.2 Å². The Balaban J connectivity index is 2.19. The molecule has 0 aromatic carbocycles. The quantitative estimate of drug-likeness (QED) is 0.752. The third kappa shape index (κ3) is 3.65. The first-order valence-corrected chi connectivity index (χ1v) is 8.71. The molecule has 0 radical (unpaired) electrons. The van der Waals surface area contributed by atoms with E-state index in [4.69, 9.17) is 4.74 Å². The average molecular weight is 314 g/mol. The van der Waals surface area contributed by atoms with Crippen LogP contribution in [0.3, 0.4) is 0 Å². The maximum Gasteiger partial charge on any atom is 0.355 e. The number of ether oxygens (including phenoxy) is 1. The Labute approximate surface area is 125 Å². The highest BCUT2D eigenvalue weighted by Gasteiger charge is 2.28. The van der Waals surface area contributed by atoms with Crippen LogP contribution in [0.4, 0.5) is 0 Å². The Kier molecular flexibility index (Phi) is 4.73. The van der Waals surface area contributed by atoms with Crippen molar-refractivity contribution in [2.45, 2.75) is 44.9 Å². The van der Waals surface area contributed by atoms with Gasteiger partial charge in [-0.3, -0.25) is 0 Å². The Hall–Kier alpha value is -1.34. The molecule has 0 amide bonds. The molecule has 2 rings (SSSR count). The summed E-state index contributed by atoms with van der Waals surface area (Å²) in [6.07, 6.45) is 3.25. The fourth-order valence-corrected chi connectivity index (χ4v) is 3.91. The Bertz CT molecular complexity index is 630. The molecule has 1 aliphatic carbocycles. The number of carbonyl (C=O) groups excluding carboxylic acids is 1. The fourth-order valence-electron chi connectivity index (χ4n) is 2.42. The molecule has 1 aromatic rings. The third-order valence-electron chi connectivity index (χ3n) is 3.66. The van der Waals surface area contributed by atoms with Crippen molar-refractivity contribution in [1.29, 1.82) is 0 Å². The summed E-state index contributed by atoms with van der Waals surface area (Å²) in [6.45, 7) is 5.65. The summed E-state index contributed by atoms with van der Waals surface area (Å²) in [4.78, 5) is 14.8. The third-order valence-corrected chi connectivity index (χ3v) is 5.39. The van der Waals surface area contributed by atoms with E-state index in [1.54, 1.807) is 20.8 Å². The maximum absolute atomic E-state index is 12.4. The number of esters is 1. The van der Waals surface area contributed by atoms with Crippen LogP contribution in [0, 0.1) is 19.8 Å². The summed E-state index contributed by atoms with van der Waals surface area (Å²) >= 11 is 0. The number of aromatic amines is 1. The van der Waals surface area contributed by atoms with Crippen LogP contribution in [-0.2, 0) is 14.8 Å². The van der Waals surface area contributed by atoms with Crippen LogP contribution in [0.5, 0.6) is 0 Å². The summed E-state index contributed by atoms with van der Waals surface area (Å²) in [5, 5.41) is 0. The zero-order valence-corrected chi connectivity index (χ0v) is 13.5. The smallest absolute Gasteiger partial charge is 0.355 e. The van der Waals surface area contributed by atoms with Gasteiger partial charge in [0.25, 0.3) is 0 Å². The largest absolute Gasteiger partial charge is 0.461 e. The van der Waals surface area contributed by atoms with Crippen molar-refractivity contribution in [2.75, 3.05) is 13.2 Å². The van der Waals surface area contributed by atoms with Gasteiger partial charge in [0.2, 0.25) is 10.0 Å². The first-order chi connectivity index (χ1) is 9.86. The average Bonchev–Trinajstić information content (AvgIpc) is 3.14. The minimum absolute atomic E-state index is 0.154. The van der Waals surface area contributed by atoms with Gasteiger partial charge in [0.15, 0.2) is 0 Å². The zero-order chi connectivity index (χ0) is 15.6. The van der Waals surface area contributed by atoms with Crippen molar-refractivity contribution in [3.8, 4) is 0 Å². The summed E-state index contributed by atoms with van der Waals surface area (Å²) < 4.78 is 32.3. The molecule has 7 heteroatoms. The first-order valence-electron chi connectivity index (χ1n) is 7.22. The van der Waals surface area contributed by atoms with Crippen LogP contribution in [0.15, 0.2) is 4.90 Å². The van der Waals surface area contributed by atoms with Crippen molar-refractivity contribution in [2.24, 2.45) is 5.92 Å². The van der Waals surface area contributed by atoms with Gasteiger partial charge in [0, 0.05) is 17.8 Å². The highest BCUT2D eigenvalue weighted by Crippen LogP contribution is 2.32. The lowest BCUT2D eigenvalue weighted by Crippen LogP contribution is -2.26. The topological polar surface area (TPSA) is 88.3 Å². The van der Waals surface area contributed by atoms with Crippen LogP contribution in [-0.4, -0.2) is 32.5 Å². The highest BCUT2D eigenvalue weighted by atomic mass is 32.2. The normalized spacial score (nSPS) is 15.2. The van der Waals surface area contributed by atoms with Crippen molar-refractivity contribution in [3.05, 3.63) is 17.0 Å². The molecule has 1 heterocycles. The number of H-pyrrole nitrogens is 1. The minimum atomic E-state index is -3.61. The maximum atomic E-state index is 12.4. The Morgan fingerprint density at radius 3 is 2.62 bits per heavy atom. The fraction of sp³-hybridized carbons (Fsp3) is 0.643. The van der Waals surface area contributed by atoms with Crippen LogP contribution in [0.1, 0.15) is 47.9 Å². The first kappa shape index (κ1) is 16.0. The van der Waals surface area contributed by atoms with Gasteiger partial charge in [-0.2, -0.15) is 0 Å². The molecular formula is C14H22N2O4S. The molecule has 0 spiro atoms. The van der Waals surface area contributed by atoms with E-state index in [2.05, 4.69) is 9.71 Å². The molecule has 0 bridgehead atoms. The number of nitrogens with one attached hydrogen (secondary N) is 2. The lowest BCUT2D eigenvalue weighted by atomic mass is 10.2. The second-order valence-electron chi connectivity index (χ2n) is 5.43. The number of aromatic nitrogens is 1. The molecule has 1 fully saturated rings. The van der Waals surface area contributed by atoms with Gasteiger partial charge < -0.3 is 9.72 Å². The van der Waals surface area contributed by atoms with Crippen LogP contribution in [0.25, 0.3) is 0 Å². The second kappa shape index (κ2) is 6.19. The van der Waals surface area contributed by atoms with Crippen molar-refractivity contribution in [3.63, 3.8) is 0 Å². The Morgan fingerprint density at radius 1 is 1.38 bits per heavy atom. The summed E-state index contributed by atoms with van der Waals surface area (Å²) in [6, 6.07) is 0. The van der Waals surface area contributed by atoms with Crippen molar-refractivity contribution in [1.82, 2.24) is 9.71 Å². The van der Waals surface area contributed by atoms with E-state index in [1.807, 2.05) is 0 Å². The van der Waals surface area contributed by atoms with Gasteiger partial charge in [-0.15, -0.1) is 0 Å². The SMILES string of the molecule is CCOC(=O)c1[nH]c(C)c(S(=O)(=O)NCCC2CC2)c1C.